The van der Waals surface area contributed by atoms with Crippen molar-refractivity contribution in [2.24, 2.45) is 0 Å². The van der Waals surface area contributed by atoms with Gasteiger partial charge in [-0.05, 0) is 26.7 Å². The predicted molar refractivity (Wildman–Crippen MR) is 89.1 cm³/mol. The predicted octanol–water partition coefficient (Wildman–Crippen LogP) is 2.39. The van der Waals surface area contributed by atoms with Gasteiger partial charge in [0.1, 0.15) is 18.0 Å². The molecule has 2 rings (SSSR count). The maximum atomic E-state index is 4.56. The number of rotatable bonds is 6. The van der Waals surface area contributed by atoms with Crippen molar-refractivity contribution < 1.29 is 0 Å². The van der Waals surface area contributed by atoms with Crippen molar-refractivity contribution in [3.8, 4) is 0 Å². The highest BCUT2D eigenvalue weighted by atomic mass is 15.3. The maximum Gasteiger partial charge on any atom is 0.137 e. The van der Waals surface area contributed by atoms with E-state index in [1.54, 1.807) is 6.33 Å². The Bertz CT molecular complexity index is 440. The Kier molecular flexibility index (Phi) is 5.79. The van der Waals surface area contributed by atoms with E-state index >= 15 is 0 Å². The van der Waals surface area contributed by atoms with Crippen LogP contribution in [0, 0.1) is 0 Å². The van der Waals surface area contributed by atoms with Crippen LogP contribution in [0.25, 0.3) is 0 Å². The van der Waals surface area contributed by atoms with Gasteiger partial charge in [0.2, 0.25) is 0 Å². The number of piperazine rings is 1. The molecule has 1 aromatic rings. The van der Waals surface area contributed by atoms with Crippen molar-refractivity contribution in [2.75, 3.05) is 42.9 Å². The number of nitrogens with zero attached hydrogens (tertiary/aromatic N) is 4. The summed E-state index contributed by atoms with van der Waals surface area (Å²) in [5.41, 5.74) is 1.25. The normalized spacial score (nSPS) is 17.8. The molecule has 1 aliphatic rings. The van der Waals surface area contributed by atoms with E-state index in [0.29, 0.717) is 6.04 Å². The average Bonchev–Trinajstić information content (AvgIpc) is 2.54. The lowest BCUT2D eigenvalue weighted by Gasteiger charge is -2.39. The minimum Gasteiger partial charge on any atom is -0.370 e. The fourth-order valence-electron chi connectivity index (χ4n) is 2.95. The number of aromatic nitrogens is 2. The first-order valence-corrected chi connectivity index (χ1v) is 8.27. The summed E-state index contributed by atoms with van der Waals surface area (Å²) in [5.74, 6) is 2.11. The Labute approximate surface area is 128 Å². The Balaban J connectivity index is 2.11. The molecule has 0 aliphatic carbocycles. The largest absolute Gasteiger partial charge is 0.370 e. The summed E-state index contributed by atoms with van der Waals surface area (Å²) in [6, 6.07) is 0.681. The molecule has 1 saturated heterocycles. The molecule has 0 saturated carbocycles. The van der Waals surface area contributed by atoms with Crippen LogP contribution in [0.15, 0.2) is 6.33 Å². The molecule has 1 N–H and O–H groups in total. The molecular weight excluding hydrogens is 262 g/mol. The van der Waals surface area contributed by atoms with Crippen molar-refractivity contribution >= 4 is 11.6 Å². The molecule has 0 aromatic carbocycles. The lowest BCUT2D eigenvalue weighted by molar-refractivity contribution is 0.192. The van der Waals surface area contributed by atoms with Gasteiger partial charge in [-0.1, -0.05) is 13.8 Å². The molecule has 5 heteroatoms. The van der Waals surface area contributed by atoms with Crippen LogP contribution in [0.4, 0.5) is 11.6 Å². The van der Waals surface area contributed by atoms with E-state index in [1.165, 1.54) is 12.0 Å². The third kappa shape index (κ3) is 3.64. The summed E-state index contributed by atoms with van der Waals surface area (Å²) in [5, 5.41) is 3.35. The molecule has 0 spiro atoms. The minimum atomic E-state index is 0.681. The molecule has 0 bridgehead atoms. The smallest absolute Gasteiger partial charge is 0.137 e. The molecule has 5 nitrogen and oxygen atoms in total. The SMILES string of the molecule is CCNc1ncnc(N2CCN(C(C)CC)CC2)c1CC. The van der Waals surface area contributed by atoms with Crippen LogP contribution in [-0.2, 0) is 6.42 Å². The maximum absolute atomic E-state index is 4.56. The topological polar surface area (TPSA) is 44.3 Å². The van der Waals surface area contributed by atoms with Gasteiger partial charge in [0.15, 0.2) is 0 Å². The highest BCUT2D eigenvalue weighted by molar-refractivity contribution is 5.59. The Hall–Kier alpha value is -1.36. The van der Waals surface area contributed by atoms with E-state index in [4.69, 9.17) is 0 Å². The number of nitrogens with one attached hydrogen (secondary N) is 1. The summed E-state index contributed by atoms with van der Waals surface area (Å²) >= 11 is 0. The first-order valence-electron chi connectivity index (χ1n) is 8.27. The first-order chi connectivity index (χ1) is 10.2. The second-order valence-electron chi connectivity index (χ2n) is 5.69. The second kappa shape index (κ2) is 7.59. The van der Waals surface area contributed by atoms with Crippen LogP contribution >= 0.6 is 0 Å². The molecule has 1 fully saturated rings. The van der Waals surface area contributed by atoms with E-state index in [9.17, 15) is 0 Å². The summed E-state index contributed by atoms with van der Waals surface area (Å²) < 4.78 is 0. The summed E-state index contributed by atoms with van der Waals surface area (Å²) in [7, 11) is 0. The number of hydrogen-bond donors (Lipinski definition) is 1. The quantitative estimate of drug-likeness (QED) is 0.872. The van der Waals surface area contributed by atoms with E-state index < -0.39 is 0 Å². The van der Waals surface area contributed by atoms with E-state index in [1.807, 2.05) is 0 Å². The third-order valence-electron chi connectivity index (χ3n) is 4.45. The third-order valence-corrected chi connectivity index (χ3v) is 4.45. The van der Waals surface area contributed by atoms with Crippen LogP contribution in [0.1, 0.15) is 39.7 Å². The van der Waals surface area contributed by atoms with Crippen LogP contribution in [-0.4, -0.2) is 53.6 Å². The van der Waals surface area contributed by atoms with Crippen LogP contribution in [0.5, 0.6) is 0 Å². The van der Waals surface area contributed by atoms with E-state index in [0.717, 1.165) is 50.8 Å². The molecule has 1 unspecified atom stereocenters. The molecule has 21 heavy (non-hydrogen) atoms. The van der Waals surface area contributed by atoms with Gasteiger partial charge in [0.05, 0.1) is 0 Å². The molecule has 2 heterocycles. The Morgan fingerprint density at radius 1 is 1.14 bits per heavy atom. The lowest BCUT2D eigenvalue weighted by atomic mass is 10.1. The van der Waals surface area contributed by atoms with E-state index in [-0.39, 0.29) is 0 Å². The zero-order chi connectivity index (χ0) is 15.2. The van der Waals surface area contributed by atoms with Gasteiger partial charge < -0.3 is 10.2 Å². The first kappa shape index (κ1) is 16.0. The molecule has 1 aromatic heterocycles. The van der Waals surface area contributed by atoms with Crippen molar-refractivity contribution in [1.29, 1.82) is 0 Å². The van der Waals surface area contributed by atoms with Crippen molar-refractivity contribution in [3.63, 3.8) is 0 Å². The summed E-state index contributed by atoms with van der Waals surface area (Å²) in [6.07, 6.45) is 3.87. The van der Waals surface area contributed by atoms with Gasteiger partial charge in [-0.25, -0.2) is 9.97 Å². The fourth-order valence-corrected chi connectivity index (χ4v) is 2.95. The Morgan fingerprint density at radius 3 is 2.43 bits per heavy atom. The molecule has 1 atom stereocenters. The zero-order valence-electron chi connectivity index (χ0n) is 13.9. The molecule has 118 valence electrons. The van der Waals surface area contributed by atoms with Gasteiger partial charge in [0, 0.05) is 44.3 Å². The molecule has 1 aliphatic heterocycles. The minimum absolute atomic E-state index is 0.681. The van der Waals surface area contributed by atoms with Gasteiger partial charge >= 0.3 is 0 Å². The highest BCUT2D eigenvalue weighted by Gasteiger charge is 2.23. The van der Waals surface area contributed by atoms with Gasteiger partial charge in [-0.2, -0.15) is 0 Å². The van der Waals surface area contributed by atoms with Crippen LogP contribution in [0.3, 0.4) is 0 Å². The zero-order valence-corrected chi connectivity index (χ0v) is 13.9. The van der Waals surface area contributed by atoms with Crippen molar-refractivity contribution in [2.45, 2.75) is 46.6 Å². The number of hydrogen-bond acceptors (Lipinski definition) is 5. The highest BCUT2D eigenvalue weighted by Crippen LogP contribution is 2.25. The lowest BCUT2D eigenvalue weighted by Crippen LogP contribution is -2.50. The van der Waals surface area contributed by atoms with Crippen LogP contribution < -0.4 is 10.2 Å². The van der Waals surface area contributed by atoms with Crippen molar-refractivity contribution in [1.82, 2.24) is 14.9 Å². The molecule has 0 radical (unpaired) electrons. The standard InChI is InChI=1S/C16H29N5/c1-5-13(4)20-8-10-21(11-9-20)16-14(6-2)15(17-7-3)18-12-19-16/h12-13H,5-11H2,1-4H3,(H,17,18,19). The molecular formula is C16H29N5. The fraction of sp³-hybridized carbons (Fsp3) is 0.750. The second-order valence-corrected chi connectivity index (χ2v) is 5.69. The summed E-state index contributed by atoms with van der Waals surface area (Å²) in [6.45, 7) is 14.1. The Morgan fingerprint density at radius 2 is 1.86 bits per heavy atom. The van der Waals surface area contributed by atoms with Crippen molar-refractivity contribution in [3.05, 3.63) is 11.9 Å². The average molecular weight is 291 g/mol. The molecule has 0 amide bonds. The van der Waals surface area contributed by atoms with Gasteiger partial charge in [0.25, 0.3) is 0 Å². The monoisotopic (exact) mass is 291 g/mol. The van der Waals surface area contributed by atoms with Gasteiger partial charge in [-0.15, -0.1) is 0 Å². The summed E-state index contributed by atoms with van der Waals surface area (Å²) in [4.78, 5) is 13.9. The van der Waals surface area contributed by atoms with Crippen LogP contribution in [0.2, 0.25) is 0 Å². The van der Waals surface area contributed by atoms with E-state index in [2.05, 4.69) is 52.8 Å². The van der Waals surface area contributed by atoms with Gasteiger partial charge in [-0.3, -0.25) is 4.90 Å². The number of anilines is 2.